The summed E-state index contributed by atoms with van der Waals surface area (Å²) in [4.78, 5) is 0. The van der Waals surface area contributed by atoms with Crippen LogP contribution in [0.4, 0.5) is 0 Å². The topological polar surface area (TPSA) is 66.8 Å². The summed E-state index contributed by atoms with van der Waals surface area (Å²) in [5, 5.41) is 8.49. The third-order valence-electron chi connectivity index (χ3n) is 1.65. The number of hydrogen-bond acceptors (Lipinski definition) is 4. The highest BCUT2D eigenvalue weighted by Gasteiger charge is 2.15. The summed E-state index contributed by atoms with van der Waals surface area (Å²) in [5.74, 6) is -0.212. The predicted molar refractivity (Wildman–Crippen MR) is 50.0 cm³/mol. The van der Waals surface area contributed by atoms with Crippen molar-refractivity contribution in [2.24, 2.45) is 0 Å². The van der Waals surface area contributed by atoms with Crippen LogP contribution in [0.3, 0.4) is 0 Å². The minimum atomic E-state index is -3.26. The fourth-order valence-corrected chi connectivity index (χ4v) is 1.79. The second-order valence-corrected chi connectivity index (χ2v) is 4.90. The molecule has 80 valence electrons. The lowest BCUT2D eigenvalue weighted by atomic mass is 10.5. The van der Waals surface area contributed by atoms with E-state index in [1.165, 1.54) is 11.4 Å². The average Bonchev–Trinajstić information content (AvgIpc) is 2.04. The van der Waals surface area contributed by atoms with E-state index < -0.39 is 10.0 Å². The molecule has 0 heterocycles. The van der Waals surface area contributed by atoms with Gasteiger partial charge in [-0.3, -0.25) is 0 Å². The fourth-order valence-electron chi connectivity index (χ4n) is 0.842. The van der Waals surface area contributed by atoms with Crippen LogP contribution in [0.5, 0.6) is 0 Å². The Morgan fingerprint density at radius 1 is 1.46 bits per heavy atom. The van der Waals surface area contributed by atoms with Crippen LogP contribution in [0.15, 0.2) is 0 Å². The van der Waals surface area contributed by atoms with Crippen LogP contribution in [-0.2, 0) is 14.8 Å². The highest BCUT2D eigenvalue weighted by Crippen LogP contribution is 1.98. The maximum absolute atomic E-state index is 11.2. The Kier molecular flexibility index (Phi) is 6.23. The summed E-state index contributed by atoms with van der Waals surface area (Å²) >= 11 is 0. The molecule has 0 saturated carbocycles. The summed E-state index contributed by atoms with van der Waals surface area (Å²) in [6.45, 7) is 0.631. The molecule has 0 aliphatic rings. The molecule has 0 fully saturated rings. The first-order valence-corrected chi connectivity index (χ1v) is 5.69. The Morgan fingerprint density at radius 2 is 2.08 bits per heavy atom. The van der Waals surface area contributed by atoms with Gasteiger partial charge in [-0.1, -0.05) is 0 Å². The Hall–Kier alpha value is -0.170. The first kappa shape index (κ1) is 12.8. The lowest BCUT2D eigenvalue weighted by Crippen LogP contribution is -2.31. The molecule has 0 amide bonds. The van der Waals surface area contributed by atoms with E-state index in [4.69, 9.17) is 9.84 Å². The van der Waals surface area contributed by atoms with Gasteiger partial charge in [0.15, 0.2) is 0 Å². The number of nitrogens with zero attached hydrogens (tertiary/aromatic N) is 1. The number of methoxy groups -OCH3 is 1. The number of rotatable bonds is 7. The summed E-state index contributed by atoms with van der Waals surface area (Å²) in [6.07, 6.45) is 0.664. The molecule has 1 N–H and O–H groups in total. The van der Waals surface area contributed by atoms with Crippen LogP contribution in [-0.4, -0.2) is 57.5 Å². The van der Waals surface area contributed by atoms with E-state index in [0.29, 0.717) is 19.6 Å². The van der Waals surface area contributed by atoms with Gasteiger partial charge >= 0.3 is 0 Å². The van der Waals surface area contributed by atoms with Crippen LogP contribution in [0, 0.1) is 0 Å². The van der Waals surface area contributed by atoms with Gasteiger partial charge in [0.1, 0.15) is 0 Å². The van der Waals surface area contributed by atoms with Crippen LogP contribution in [0.25, 0.3) is 0 Å². The molecule has 0 saturated heterocycles. The van der Waals surface area contributed by atoms with Gasteiger partial charge in [0.05, 0.1) is 12.4 Å². The van der Waals surface area contributed by atoms with Gasteiger partial charge in [-0.2, -0.15) is 0 Å². The second kappa shape index (κ2) is 6.31. The Morgan fingerprint density at radius 3 is 2.54 bits per heavy atom. The summed E-state index contributed by atoms with van der Waals surface area (Å²) in [6, 6.07) is 0. The maximum Gasteiger partial charge on any atom is 0.216 e. The molecule has 0 atom stereocenters. The van der Waals surface area contributed by atoms with Gasteiger partial charge in [-0.05, 0) is 6.42 Å². The van der Waals surface area contributed by atoms with E-state index in [1.54, 1.807) is 7.11 Å². The van der Waals surface area contributed by atoms with Crippen molar-refractivity contribution in [2.45, 2.75) is 6.42 Å². The van der Waals surface area contributed by atoms with Crippen molar-refractivity contribution in [2.75, 3.05) is 39.7 Å². The van der Waals surface area contributed by atoms with Crippen LogP contribution in [0.1, 0.15) is 6.42 Å². The number of sulfonamides is 1. The molecule has 0 rings (SSSR count). The molecular formula is C7H17NO4S. The molecule has 0 unspecified atom stereocenters. The molecule has 0 aromatic rings. The van der Waals surface area contributed by atoms with E-state index in [0.717, 1.165) is 0 Å². The van der Waals surface area contributed by atoms with Crippen molar-refractivity contribution in [3.05, 3.63) is 0 Å². The molecule has 6 heteroatoms. The van der Waals surface area contributed by atoms with Gasteiger partial charge in [0, 0.05) is 27.3 Å². The molecule has 0 bridgehead atoms. The van der Waals surface area contributed by atoms with Crippen molar-refractivity contribution in [3.63, 3.8) is 0 Å². The normalized spacial score (nSPS) is 12.3. The molecule has 0 aromatic carbocycles. The second-order valence-electron chi connectivity index (χ2n) is 2.71. The SMILES string of the molecule is COCCCN(C)S(=O)(=O)CCO. The lowest BCUT2D eigenvalue weighted by molar-refractivity contribution is 0.189. The third kappa shape index (κ3) is 5.20. The van der Waals surface area contributed by atoms with E-state index >= 15 is 0 Å². The Labute approximate surface area is 79.4 Å². The average molecular weight is 211 g/mol. The number of hydrogen-bond donors (Lipinski definition) is 1. The zero-order chi connectivity index (χ0) is 10.3. The van der Waals surface area contributed by atoms with Crippen molar-refractivity contribution >= 4 is 10.0 Å². The monoisotopic (exact) mass is 211 g/mol. The van der Waals surface area contributed by atoms with E-state index in [1.807, 2.05) is 0 Å². The minimum absolute atomic E-state index is 0.212. The molecule has 0 aromatic heterocycles. The Balaban J connectivity index is 3.87. The quantitative estimate of drug-likeness (QED) is 0.564. The minimum Gasteiger partial charge on any atom is -0.395 e. The molecule has 5 nitrogen and oxygen atoms in total. The standard InChI is InChI=1S/C7H17NO4S/c1-8(4-3-6-12-2)13(10,11)7-5-9/h9H,3-7H2,1-2H3. The Bertz CT molecular complexity index is 215. The van der Waals surface area contributed by atoms with Crippen molar-refractivity contribution in [1.29, 1.82) is 0 Å². The zero-order valence-corrected chi connectivity index (χ0v) is 8.88. The highest BCUT2D eigenvalue weighted by molar-refractivity contribution is 7.89. The maximum atomic E-state index is 11.2. The summed E-state index contributed by atoms with van der Waals surface area (Å²) in [7, 11) is -0.191. The number of aliphatic hydroxyl groups is 1. The summed E-state index contributed by atoms with van der Waals surface area (Å²) < 4.78 is 28.5. The number of aliphatic hydroxyl groups excluding tert-OH is 1. The van der Waals surface area contributed by atoms with Crippen LogP contribution in [0.2, 0.25) is 0 Å². The molecule has 0 radical (unpaired) electrons. The highest BCUT2D eigenvalue weighted by atomic mass is 32.2. The largest absolute Gasteiger partial charge is 0.395 e. The van der Waals surface area contributed by atoms with Crippen molar-refractivity contribution in [3.8, 4) is 0 Å². The molecule has 13 heavy (non-hydrogen) atoms. The first-order valence-electron chi connectivity index (χ1n) is 4.08. The van der Waals surface area contributed by atoms with Gasteiger partial charge < -0.3 is 9.84 Å². The zero-order valence-electron chi connectivity index (χ0n) is 8.06. The fraction of sp³-hybridized carbons (Fsp3) is 1.00. The van der Waals surface area contributed by atoms with Crippen LogP contribution >= 0.6 is 0 Å². The van der Waals surface area contributed by atoms with Gasteiger partial charge in [-0.15, -0.1) is 0 Å². The number of ether oxygens (including phenoxy) is 1. The van der Waals surface area contributed by atoms with Gasteiger partial charge in [0.2, 0.25) is 10.0 Å². The van der Waals surface area contributed by atoms with E-state index in [9.17, 15) is 8.42 Å². The third-order valence-corrected chi connectivity index (χ3v) is 3.48. The van der Waals surface area contributed by atoms with Crippen molar-refractivity contribution in [1.82, 2.24) is 4.31 Å². The first-order chi connectivity index (χ1) is 6.04. The predicted octanol–water partition coefficient (Wildman–Crippen LogP) is -0.723. The van der Waals surface area contributed by atoms with E-state index in [2.05, 4.69) is 0 Å². The van der Waals surface area contributed by atoms with Crippen molar-refractivity contribution < 1.29 is 18.3 Å². The molecule has 0 aliphatic carbocycles. The van der Waals surface area contributed by atoms with E-state index in [-0.39, 0.29) is 12.4 Å². The summed E-state index contributed by atoms with van der Waals surface area (Å²) in [5.41, 5.74) is 0. The van der Waals surface area contributed by atoms with Crippen LogP contribution < -0.4 is 0 Å². The smallest absolute Gasteiger partial charge is 0.216 e. The van der Waals surface area contributed by atoms with Gasteiger partial charge in [-0.25, -0.2) is 12.7 Å². The molecular weight excluding hydrogens is 194 g/mol. The van der Waals surface area contributed by atoms with Gasteiger partial charge in [0.25, 0.3) is 0 Å². The molecule has 0 aliphatic heterocycles. The lowest BCUT2D eigenvalue weighted by Gasteiger charge is -2.15. The molecule has 0 spiro atoms.